The lowest BCUT2D eigenvalue weighted by atomic mass is 10.0. The predicted octanol–water partition coefficient (Wildman–Crippen LogP) is 2.25. The van der Waals surface area contributed by atoms with Gasteiger partial charge < -0.3 is 20.1 Å². The first-order chi connectivity index (χ1) is 14.7. The van der Waals surface area contributed by atoms with E-state index in [0.29, 0.717) is 29.0 Å². The van der Waals surface area contributed by atoms with Crippen molar-refractivity contribution in [3.8, 4) is 11.5 Å². The van der Waals surface area contributed by atoms with Gasteiger partial charge in [0.2, 0.25) is 0 Å². The van der Waals surface area contributed by atoms with Crippen LogP contribution in [0, 0.1) is 0 Å². The van der Waals surface area contributed by atoms with E-state index in [4.69, 9.17) is 9.47 Å². The van der Waals surface area contributed by atoms with E-state index in [1.807, 2.05) is 13.8 Å². The fraction of sp³-hybridized carbons (Fsp3) is 0.364. The zero-order chi connectivity index (χ0) is 22.6. The Bertz CT molecular complexity index is 1080. The molecule has 8 nitrogen and oxygen atoms in total. The Balaban J connectivity index is 1.73. The van der Waals surface area contributed by atoms with Crippen LogP contribution in [0.5, 0.6) is 11.5 Å². The summed E-state index contributed by atoms with van der Waals surface area (Å²) in [5, 5.41) is 5.64. The van der Waals surface area contributed by atoms with Crippen LogP contribution in [-0.4, -0.2) is 45.7 Å². The van der Waals surface area contributed by atoms with Gasteiger partial charge in [-0.2, -0.15) is 0 Å². The molecule has 0 aromatic heterocycles. The summed E-state index contributed by atoms with van der Waals surface area (Å²) < 4.78 is 35.4. The van der Waals surface area contributed by atoms with Gasteiger partial charge in [-0.1, -0.05) is 18.2 Å². The lowest BCUT2D eigenvalue weighted by molar-refractivity contribution is -0.123. The van der Waals surface area contributed by atoms with E-state index >= 15 is 0 Å². The van der Waals surface area contributed by atoms with Gasteiger partial charge in [0.05, 0.1) is 23.8 Å². The molecule has 0 radical (unpaired) electrons. The Labute approximate surface area is 181 Å². The third kappa shape index (κ3) is 5.35. The predicted molar refractivity (Wildman–Crippen MR) is 115 cm³/mol. The summed E-state index contributed by atoms with van der Waals surface area (Å²) in [5.74, 6) is 0.0127. The minimum atomic E-state index is -3.33. The Kier molecular flexibility index (Phi) is 6.84. The molecule has 0 fully saturated rings. The summed E-state index contributed by atoms with van der Waals surface area (Å²) in [5.41, 5.74) is 0.923. The maximum atomic E-state index is 12.8. The summed E-state index contributed by atoms with van der Waals surface area (Å²) in [7, 11) is -1.89. The highest BCUT2D eigenvalue weighted by molar-refractivity contribution is 7.91. The first-order valence-electron chi connectivity index (χ1n) is 9.94. The van der Waals surface area contributed by atoms with Gasteiger partial charge in [0.1, 0.15) is 0 Å². The third-order valence-corrected chi connectivity index (χ3v) is 6.66. The first-order valence-corrected chi connectivity index (χ1v) is 11.6. The molecule has 1 aliphatic rings. The van der Waals surface area contributed by atoms with Crippen LogP contribution in [0.25, 0.3) is 0 Å². The average molecular weight is 447 g/mol. The van der Waals surface area contributed by atoms with Crippen LogP contribution in [-0.2, 0) is 14.6 Å². The molecular formula is C22H26N2O6S. The van der Waals surface area contributed by atoms with Crippen molar-refractivity contribution in [2.24, 2.45) is 0 Å². The topological polar surface area (TPSA) is 111 Å². The summed E-state index contributed by atoms with van der Waals surface area (Å²) in [6, 6.07) is 11.0. The Hall–Kier alpha value is -3.07. The van der Waals surface area contributed by atoms with Gasteiger partial charge in [0.25, 0.3) is 11.8 Å². The van der Waals surface area contributed by atoms with Crippen molar-refractivity contribution < 1.29 is 27.5 Å². The number of hydrogen-bond acceptors (Lipinski definition) is 6. The number of carbonyl (C=O) groups is 2. The van der Waals surface area contributed by atoms with Gasteiger partial charge in [0.15, 0.2) is 27.9 Å². The maximum absolute atomic E-state index is 12.8. The van der Waals surface area contributed by atoms with Crippen LogP contribution >= 0.6 is 0 Å². The number of hydrogen-bond donors (Lipinski definition) is 2. The van der Waals surface area contributed by atoms with Crippen molar-refractivity contribution >= 4 is 21.7 Å². The van der Waals surface area contributed by atoms with Gasteiger partial charge in [-0.25, -0.2) is 8.42 Å². The zero-order valence-corrected chi connectivity index (χ0v) is 18.5. The second-order valence-corrected chi connectivity index (χ2v) is 9.63. The van der Waals surface area contributed by atoms with E-state index in [9.17, 15) is 18.0 Å². The monoisotopic (exact) mass is 446 g/mol. The van der Waals surface area contributed by atoms with Crippen molar-refractivity contribution in [1.82, 2.24) is 10.6 Å². The Morgan fingerprint density at radius 2 is 1.87 bits per heavy atom. The van der Waals surface area contributed by atoms with Gasteiger partial charge >= 0.3 is 0 Å². The summed E-state index contributed by atoms with van der Waals surface area (Å²) in [4.78, 5) is 24.9. The molecule has 166 valence electrons. The van der Waals surface area contributed by atoms with Crippen molar-refractivity contribution in [2.75, 3.05) is 19.5 Å². The van der Waals surface area contributed by atoms with E-state index in [1.54, 1.807) is 36.4 Å². The third-order valence-electron chi connectivity index (χ3n) is 4.84. The molecule has 0 spiro atoms. The lowest BCUT2D eigenvalue weighted by Crippen LogP contribution is -2.34. The molecule has 2 aromatic rings. The number of sulfone groups is 1. The van der Waals surface area contributed by atoms with Crippen LogP contribution in [0.4, 0.5) is 0 Å². The van der Waals surface area contributed by atoms with E-state index in [0.717, 1.165) is 0 Å². The molecule has 2 aromatic carbocycles. The molecule has 2 N–H and O–H groups in total. The SMILES string of the molecule is COc1cc(C(=O)NC2CCS(=O)(=O)c3ccccc32)ccc1OCC(=O)NC(C)C. The number of methoxy groups -OCH3 is 1. The van der Waals surface area contributed by atoms with Gasteiger partial charge in [-0.05, 0) is 50.1 Å². The standard InChI is InChI=1S/C22H26N2O6S/c1-14(2)23-21(25)13-30-18-9-8-15(12-19(18)29-3)22(26)24-17-10-11-31(27,28)20-7-5-4-6-16(17)20/h4-9,12,14,17H,10-11,13H2,1-3H3,(H,23,25)(H,24,26). The van der Waals surface area contributed by atoms with Gasteiger partial charge in [-0.3, -0.25) is 9.59 Å². The molecule has 1 unspecified atom stereocenters. The van der Waals surface area contributed by atoms with Crippen LogP contribution in [0.3, 0.4) is 0 Å². The maximum Gasteiger partial charge on any atom is 0.258 e. The molecular weight excluding hydrogens is 420 g/mol. The highest BCUT2D eigenvalue weighted by Gasteiger charge is 2.31. The minimum Gasteiger partial charge on any atom is -0.493 e. The molecule has 1 aliphatic heterocycles. The molecule has 0 bridgehead atoms. The van der Waals surface area contributed by atoms with E-state index < -0.39 is 15.9 Å². The second kappa shape index (κ2) is 9.38. The van der Waals surface area contributed by atoms with Crippen molar-refractivity contribution in [3.63, 3.8) is 0 Å². The molecule has 31 heavy (non-hydrogen) atoms. The lowest BCUT2D eigenvalue weighted by Gasteiger charge is -2.26. The van der Waals surface area contributed by atoms with Crippen LogP contribution < -0.4 is 20.1 Å². The molecule has 0 saturated carbocycles. The van der Waals surface area contributed by atoms with Crippen LogP contribution in [0.2, 0.25) is 0 Å². The highest BCUT2D eigenvalue weighted by atomic mass is 32.2. The molecule has 1 atom stereocenters. The van der Waals surface area contributed by atoms with Gasteiger partial charge in [-0.15, -0.1) is 0 Å². The van der Waals surface area contributed by atoms with E-state index in [1.165, 1.54) is 13.2 Å². The minimum absolute atomic E-state index is 0.00368. The fourth-order valence-electron chi connectivity index (χ4n) is 3.42. The molecule has 0 aliphatic carbocycles. The number of benzene rings is 2. The van der Waals surface area contributed by atoms with E-state index in [2.05, 4.69) is 10.6 Å². The smallest absolute Gasteiger partial charge is 0.258 e. The summed E-state index contributed by atoms with van der Waals surface area (Å²) >= 11 is 0. The highest BCUT2D eigenvalue weighted by Crippen LogP contribution is 2.33. The Morgan fingerprint density at radius 1 is 1.13 bits per heavy atom. The molecule has 3 rings (SSSR count). The largest absolute Gasteiger partial charge is 0.493 e. The van der Waals surface area contributed by atoms with Crippen LogP contribution in [0.15, 0.2) is 47.4 Å². The molecule has 9 heteroatoms. The number of nitrogens with one attached hydrogen (secondary N) is 2. The first kappa shape index (κ1) is 22.6. The summed E-state index contributed by atoms with van der Waals surface area (Å²) in [6.45, 7) is 3.53. The number of fused-ring (bicyclic) bond motifs is 1. The summed E-state index contributed by atoms with van der Waals surface area (Å²) in [6.07, 6.45) is 0.300. The second-order valence-electron chi connectivity index (χ2n) is 7.55. The molecule has 0 saturated heterocycles. The van der Waals surface area contributed by atoms with E-state index in [-0.39, 0.29) is 35.1 Å². The van der Waals surface area contributed by atoms with Crippen LogP contribution in [0.1, 0.15) is 42.2 Å². The quantitative estimate of drug-likeness (QED) is 0.675. The normalized spacial score (nSPS) is 16.8. The average Bonchev–Trinajstić information content (AvgIpc) is 2.73. The Morgan fingerprint density at radius 3 is 2.58 bits per heavy atom. The van der Waals surface area contributed by atoms with Gasteiger partial charge in [0, 0.05) is 11.6 Å². The number of rotatable bonds is 7. The zero-order valence-electron chi connectivity index (χ0n) is 17.7. The molecule has 1 heterocycles. The fourth-order valence-corrected chi connectivity index (χ4v) is 5.04. The number of ether oxygens (including phenoxy) is 2. The number of amides is 2. The van der Waals surface area contributed by atoms with Crippen molar-refractivity contribution in [2.45, 2.75) is 37.2 Å². The molecule has 2 amide bonds. The van der Waals surface area contributed by atoms with Crippen molar-refractivity contribution in [3.05, 3.63) is 53.6 Å². The van der Waals surface area contributed by atoms with Crippen molar-refractivity contribution in [1.29, 1.82) is 0 Å². The number of carbonyl (C=O) groups excluding carboxylic acids is 2.